The Labute approximate surface area is 155 Å². The van der Waals surface area contributed by atoms with Gasteiger partial charge in [0.2, 0.25) is 5.55 Å². The normalized spacial score (nSPS) is 12.5. The molecular weight excluding hydrogens is 378 g/mol. The van der Waals surface area contributed by atoms with Crippen molar-refractivity contribution in [2.24, 2.45) is 4.99 Å². The van der Waals surface area contributed by atoms with E-state index in [0.29, 0.717) is 32.3 Å². The summed E-state index contributed by atoms with van der Waals surface area (Å²) in [5, 5.41) is 1.44. The zero-order valence-electron chi connectivity index (χ0n) is 13.5. The van der Waals surface area contributed by atoms with Crippen LogP contribution in [-0.2, 0) is 9.84 Å². The second-order valence-corrected chi connectivity index (χ2v) is 8.65. The molecule has 0 aliphatic carbocycles. The minimum Gasteiger partial charge on any atom is -0.438 e. The third-order valence-corrected chi connectivity index (χ3v) is 5.17. The molecule has 4 nitrogen and oxygen atoms in total. The van der Waals surface area contributed by atoms with Crippen LogP contribution in [0.3, 0.4) is 0 Å². The highest BCUT2D eigenvalue weighted by molar-refractivity contribution is 7.90. The van der Waals surface area contributed by atoms with Crippen molar-refractivity contribution < 1.29 is 12.8 Å². The zero-order chi connectivity index (χ0) is 18.2. The van der Waals surface area contributed by atoms with Gasteiger partial charge >= 0.3 is 0 Å². The van der Waals surface area contributed by atoms with Gasteiger partial charge in [0.25, 0.3) is 0 Å². The molecule has 1 heterocycles. The Morgan fingerprint density at radius 3 is 2.40 bits per heavy atom. The molecule has 0 N–H and O–H groups in total. The highest BCUT2D eigenvalue weighted by Crippen LogP contribution is 2.20. The fraction of sp³-hybridized carbons (Fsp3) is 0.111. The molecular formula is C18H14ClNO3S2. The summed E-state index contributed by atoms with van der Waals surface area (Å²) in [4.78, 5) is 5.35. The van der Waals surface area contributed by atoms with Gasteiger partial charge in [-0.1, -0.05) is 23.8 Å². The van der Waals surface area contributed by atoms with Gasteiger partial charge in [-0.25, -0.2) is 13.4 Å². The van der Waals surface area contributed by atoms with Crippen LogP contribution in [0, 0.1) is 0 Å². The third kappa shape index (κ3) is 3.98. The van der Waals surface area contributed by atoms with Crippen molar-refractivity contribution in [1.82, 2.24) is 0 Å². The number of rotatable bonds is 3. The topological polar surface area (TPSA) is 59.6 Å². The average molecular weight is 392 g/mol. The summed E-state index contributed by atoms with van der Waals surface area (Å²) < 4.78 is 29.0. The number of thiocarbonyl (C=S) groups is 1. The van der Waals surface area contributed by atoms with Gasteiger partial charge in [0.15, 0.2) is 9.84 Å². The summed E-state index contributed by atoms with van der Waals surface area (Å²) >= 11 is 11.3. The molecule has 0 fully saturated rings. The Kier molecular flexibility index (Phi) is 4.77. The molecule has 0 unspecified atom stereocenters. The number of benzene rings is 2. The van der Waals surface area contributed by atoms with Crippen LogP contribution in [0.15, 0.2) is 62.8 Å². The lowest BCUT2D eigenvalue weighted by Crippen LogP contribution is -2.12. The van der Waals surface area contributed by atoms with Gasteiger partial charge in [-0.2, -0.15) is 0 Å². The maximum absolute atomic E-state index is 11.5. The summed E-state index contributed by atoms with van der Waals surface area (Å²) in [6.07, 6.45) is 1.16. The van der Waals surface area contributed by atoms with Crippen molar-refractivity contribution in [3.63, 3.8) is 0 Å². The van der Waals surface area contributed by atoms with Crippen molar-refractivity contribution in [1.29, 1.82) is 0 Å². The Morgan fingerprint density at radius 1 is 1.12 bits per heavy atom. The number of sulfone groups is 1. The van der Waals surface area contributed by atoms with Crippen molar-refractivity contribution in [3.8, 4) is 0 Å². The van der Waals surface area contributed by atoms with Gasteiger partial charge in [-0.3, -0.25) is 0 Å². The minimum atomic E-state index is -3.25. The first-order valence-electron chi connectivity index (χ1n) is 7.33. The fourth-order valence-corrected chi connectivity index (χ4v) is 3.28. The SMILES string of the molecule is CC(=S)c1cc2cc(Cl)ccc2o/c1=N\c1ccc(S(C)(=O)=O)cc1. The first kappa shape index (κ1) is 17.8. The van der Waals surface area contributed by atoms with Gasteiger partial charge in [0, 0.05) is 21.5 Å². The van der Waals surface area contributed by atoms with Crippen molar-refractivity contribution in [2.45, 2.75) is 11.8 Å². The van der Waals surface area contributed by atoms with Crippen LogP contribution in [-0.4, -0.2) is 19.5 Å². The quantitative estimate of drug-likeness (QED) is 0.488. The Bertz CT molecular complexity index is 1150. The molecule has 0 saturated carbocycles. The molecule has 2 aromatic carbocycles. The van der Waals surface area contributed by atoms with E-state index in [-0.39, 0.29) is 4.90 Å². The molecule has 25 heavy (non-hydrogen) atoms. The average Bonchev–Trinajstić information content (AvgIpc) is 2.54. The number of hydrogen-bond donors (Lipinski definition) is 0. The zero-order valence-corrected chi connectivity index (χ0v) is 15.9. The number of halogens is 1. The second-order valence-electron chi connectivity index (χ2n) is 5.58. The lowest BCUT2D eigenvalue weighted by Gasteiger charge is -2.04. The van der Waals surface area contributed by atoms with Gasteiger partial charge in [-0.05, 0) is 55.5 Å². The van der Waals surface area contributed by atoms with Crippen LogP contribution in [0.4, 0.5) is 5.69 Å². The maximum Gasteiger partial charge on any atom is 0.228 e. The molecule has 3 rings (SSSR count). The van der Waals surface area contributed by atoms with Crippen molar-refractivity contribution >= 4 is 55.2 Å². The van der Waals surface area contributed by atoms with E-state index in [2.05, 4.69) is 4.99 Å². The fourth-order valence-electron chi connectivity index (χ4n) is 2.32. The van der Waals surface area contributed by atoms with E-state index in [9.17, 15) is 8.42 Å². The molecule has 0 amide bonds. The molecule has 3 aromatic rings. The van der Waals surface area contributed by atoms with E-state index in [4.69, 9.17) is 28.2 Å². The van der Waals surface area contributed by atoms with Gasteiger partial charge in [0.1, 0.15) is 5.58 Å². The van der Waals surface area contributed by atoms with Gasteiger partial charge in [-0.15, -0.1) is 0 Å². The largest absolute Gasteiger partial charge is 0.438 e. The standard InChI is InChI=1S/C18H14ClNO3S2/c1-11(24)16-10-12-9-13(19)3-8-17(12)23-18(16)20-14-4-6-15(7-5-14)25(2,21)22/h3-10H,1-2H3/b20-18-. The summed E-state index contributed by atoms with van der Waals surface area (Å²) in [6.45, 7) is 1.79. The highest BCUT2D eigenvalue weighted by Gasteiger charge is 2.08. The lowest BCUT2D eigenvalue weighted by atomic mass is 10.1. The molecule has 7 heteroatoms. The maximum atomic E-state index is 11.5. The van der Waals surface area contributed by atoms with Gasteiger partial charge < -0.3 is 4.42 Å². The molecule has 128 valence electrons. The number of hydrogen-bond acceptors (Lipinski definition) is 5. The molecule has 0 aliphatic heterocycles. The predicted molar refractivity (Wildman–Crippen MR) is 103 cm³/mol. The van der Waals surface area contributed by atoms with E-state index in [1.54, 1.807) is 37.3 Å². The minimum absolute atomic E-state index is 0.239. The third-order valence-electron chi connectivity index (χ3n) is 3.58. The van der Waals surface area contributed by atoms with E-state index in [1.165, 1.54) is 12.1 Å². The Balaban J connectivity index is 2.19. The van der Waals surface area contributed by atoms with E-state index in [1.807, 2.05) is 6.07 Å². The molecule has 0 saturated heterocycles. The van der Waals surface area contributed by atoms with Crippen molar-refractivity contribution in [2.75, 3.05) is 6.26 Å². The van der Waals surface area contributed by atoms with Crippen LogP contribution in [0.5, 0.6) is 0 Å². The smallest absolute Gasteiger partial charge is 0.228 e. The Morgan fingerprint density at radius 2 is 1.80 bits per heavy atom. The molecule has 0 aliphatic rings. The summed E-state index contributed by atoms with van der Waals surface area (Å²) in [6, 6.07) is 13.5. The molecule has 0 atom stereocenters. The van der Waals surface area contributed by atoms with Crippen molar-refractivity contribution in [3.05, 3.63) is 64.7 Å². The van der Waals surface area contributed by atoms with Gasteiger partial charge in [0.05, 0.1) is 16.1 Å². The summed E-state index contributed by atoms with van der Waals surface area (Å²) in [7, 11) is -3.25. The highest BCUT2D eigenvalue weighted by atomic mass is 35.5. The van der Waals surface area contributed by atoms with Crippen LogP contribution < -0.4 is 5.55 Å². The van der Waals surface area contributed by atoms with Crippen LogP contribution in [0.25, 0.3) is 11.0 Å². The van der Waals surface area contributed by atoms with Crippen LogP contribution in [0.1, 0.15) is 12.5 Å². The van der Waals surface area contributed by atoms with E-state index in [0.717, 1.165) is 11.6 Å². The molecule has 1 aromatic heterocycles. The monoisotopic (exact) mass is 391 g/mol. The number of nitrogens with zero attached hydrogens (tertiary/aromatic N) is 1. The summed E-state index contributed by atoms with van der Waals surface area (Å²) in [5.74, 6) is 0. The van der Waals surface area contributed by atoms with Crippen LogP contribution >= 0.6 is 23.8 Å². The molecule has 0 spiro atoms. The molecule has 0 bridgehead atoms. The first-order valence-corrected chi connectivity index (χ1v) is 10.0. The van der Waals surface area contributed by atoms with Crippen LogP contribution in [0.2, 0.25) is 5.02 Å². The molecule has 0 radical (unpaired) electrons. The van der Waals surface area contributed by atoms with E-state index >= 15 is 0 Å². The summed E-state index contributed by atoms with van der Waals surface area (Å²) in [5.41, 5.74) is 2.27. The predicted octanol–water partition coefficient (Wildman–Crippen LogP) is 4.46. The lowest BCUT2D eigenvalue weighted by molar-refractivity contribution is 0.543. The second kappa shape index (κ2) is 6.71. The number of fused-ring (bicyclic) bond motifs is 1. The Hall–Kier alpha value is -2.02. The first-order chi connectivity index (χ1) is 11.7. The van der Waals surface area contributed by atoms with E-state index < -0.39 is 9.84 Å².